The zero-order valence-electron chi connectivity index (χ0n) is 27.6. The van der Waals surface area contributed by atoms with Gasteiger partial charge in [0.2, 0.25) is 0 Å². The number of carbonyl (C=O) groups is 2. The van der Waals surface area contributed by atoms with Crippen LogP contribution in [0.25, 0.3) is 0 Å². The predicted molar refractivity (Wildman–Crippen MR) is 167 cm³/mol. The molecule has 0 radical (unpaired) electrons. The van der Waals surface area contributed by atoms with Crippen LogP contribution in [0.3, 0.4) is 0 Å². The van der Waals surface area contributed by atoms with E-state index in [0.717, 1.165) is 18.1 Å². The SMILES string of the molecule is CC[Si](CC)(CC)O[C@H]1[C@@H]2O[Si](C(C)C)(C(C)C)O[Si](C(C)C)(C(C)C)O[C@H]2[C@@H](O)[C@@H](O)[C@@H]1OC(=O)CCC(C)=O. The molecule has 2 aliphatic rings. The molecule has 1 saturated carbocycles. The summed E-state index contributed by atoms with van der Waals surface area (Å²) in [7, 11) is -8.45. The highest BCUT2D eigenvalue weighted by molar-refractivity contribution is 6.84. The summed E-state index contributed by atoms with van der Waals surface area (Å²) < 4.78 is 34.5. The lowest BCUT2D eigenvalue weighted by Gasteiger charge is -2.50. The molecule has 6 atom stereocenters. The lowest BCUT2D eigenvalue weighted by Crippen LogP contribution is -2.69. The summed E-state index contributed by atoms with van der Waals surface area (Å²) in [5.41, 5.74) is 0.216. The minimum absolute atomic E-state index is 0.0421. The molecule has 2 rings (SSSR count). The quantitative estimate of drug-likeness (QED) is 0.194. The van der Waals surface area contributed by atoms with Crippen LogP contribution in [0.1, 0.15) is 95.9 Å². The Morgan fingerprint density at radius 3 is 1.56 bits per heavy atom. The Labute approximate surface area is 251 Å². The van der Waals surface area contributed by atoms with Gasteiger partial charge in [0.25, 0.3) is 0 Å². The third kappa shape index (κ3) is 7.44. The van der Waals surface area contributed by atoms with Gasteiger partial charge in [-0.25, -0.2) is 0 Å². The number of hydrogen-bond donors (Lipinski definition) is 2. The highest BCUT2D eigenvalue weighted by atomic mass is 28.5. The summed E-state index contributed by atoms with van der Waals surface area (Å²) in [6.07, 6.45) is -6.67. The zero-order chi connectivity index (χ0) is 31.5. The van der Waals surface area contributed by atoms with E-state index in [1.54, 1.807) is 0 Å². The van der Waals surface area contributed by atoms with Crippen LogP contribution in [-0.4, -0.2) is 84.0 Å². The first kappa shape index (κ1) is 36.7. The molecule has 240 valence electrons. The molecule has 1 heterocycles. The first-order valence-corrected chi connectivity index (χ1v) is 22.2. The van der Waals surface area contributed by atoms with E-state index in [1.165, 1.54) is 6.92 Å². The second kappa shape index (κ2) is 14.6. The van der Waals surface area contributed by atoms with Crippen molar-refractivity contribution in [2.45, 2.75) is 173 Å². The Kier molecular flexibility index (Phi) is 13.0. The van der Waals surface area contributed by atoms with Crippen molar-refractivity contribution in [3.05, 3.63) is 0 Å². The van der Waals surface area contributed by atoms with Gasteiger partial charge in [0.05, 0.1) is 6.42 Å². The summed E-state index contributed by atoms with van der Waals surface area (Å²) >= 11 is 0. The third-order valence-electron chi connectivity index (χ3n) is 9.44. The second-order valence-corrected chi connectivity index (χ2v) is 26.8. The van der Waals surface area contributed by atoms with Gasteiger partial charge in [-0.1, -0.05) is 76.2 Å². The summed E-state index contributed by atoms with van der Waals surface area (Å²) in [6.45, 7) is 24.7. The Balaban J connectivity index is 2.79. The molecule has 1 saturated heterocycles. The molecule has 0 bridgehead atoms. The van der Waals surface area contributed by atoms with Crippen LogP contribution in [0.15, 0.2) is 0 Å². The van der Waals surface area contributed by atoms with Crippen molar-refractivity contribution in [3.8, 4) is 0 Å². The van der Waals surface area contributed by atoms with Gasteiger partial charge in [-0.3, -0.25) is 4.79 Å². The molecule has 0 aromatic carbocycles. The first-order chi connectivity index (χ1) is 19.0. The summed E-state index contributed by atoms with van der Waals surface area (Å²) in [4.78, 5) is 24.5. The maximum Gasteiger partial charge on any atom is 0.335 e. The third-order valence-corrected chi connectivity index (χ3v) is 24.4. The second-order valence-electron chi connectivity index (χ2n) is 13.3. The van der Waals surface area contributed by atoms with Gasteiger partial charge in [-0.2, -0.15) is 0 Å². The highest BCUT2D eigenvalue weighted by Gasteiger charge is 2.66. The largest absolute Gasteiger partial charge is 0.457 e. The number of esters is 1. The molecule has 1 aliphatic heterocycles. The number of rotatable bonds is 13. The Morgan fingerprint density at radius 1 is 0.732 bits per heavy atom. The number of aliphatic hydroxyl groups is 2. The fraction of sp³-hybridized carbons (Fsp3) is 0.931. The topological polar surface area (TPSA) is 121 Å². The molecular formula is C29H58O9Si3. The van der Waals surface area contributed by atoms with Gasteiger partial charge in [-0.15, -0.1) is 0 Å². The standard InChI is InChI=1S/C29H58O9Si3/c1-13-39(14-2,15-3)35-28-26(34-23(31)17-16-22(12)30)24(32)25(33)27-29(28)37-41(20(8)9,21(10)11)38-40(36-27,18(4)5)19(6)7/h18-21,24-29,32-33H,13-17H2,1-12H3/t24-,25+,26+,27+,28-,29-/m1/s1. The van der Waals surface area contributed by atoms with Crippen LogP contribution in [0.2, 0.25) is 40.3 Å². The van der Waals surface area contributed by atoms with Crippen molar-refractivity contribution in [3.63, 3.8) is 0 Å². The lowest BCUT2D eigenvalue weighted by molar-refractivity contribution is -0.222. The minimum atomic E-state index is -3.06. The lowest BCUT2D eigenvalue weighted by atomic mass is 9.85. The van der Waals surface area contributed by atoms with Crippen LogP contribution in [-0.2, 0) is 31.7 Å². The van der Waals surface area contributed by atoms with Crippen LogP contribution < -0.4 is 0 Å². The number of ether oxygens (including phenoxy) is 1. The average Bonchev–Trinajstić information content (AvgIpc) is 3.08. The maximum absolute atomic E-state index is 12.9. The van der Waals surface area contributed by atoms with E-state index >= 15 is 0 Å². The van der Waals surface area contributed by atoms with Crippen molar-refractivity contribution in [2.24, 2.45) is 0 Å². The van der Waals surface area contributed by atoms with Gasteiger partial charge in [0.1, 0.15) is 36.3 Å². The van der Waals surface area contributed by atoms with Crippen molar-refractivity contribution < 1.29 is 41.9 Å². The van der Waals surface area contributed by atoms with E-state index in [-0.39, 0.29) is 40.8 Å². The number of aliphatic hydroxyl groups excluding tert-OH is 2. The van der Waals surface area contributed by atoms with Crippen LogP contribution in [0, 0.1) is 0 Å². The van der Waals surface area contributed by atoms with Gasteiger partial charge < -0.3 is 37.1 Å². The van der Waals surface area contributed by atoms with E-state index in [4.69, 9.17) is 22.1 Å². The smallest absolute Gasteiger partial charge is 0.335 e. The molecule has 2 fully saturated rings. The van der Waals surface area contributed by atoms with E-state index in [2.05, 4.69) is 76.2 Å². The molecule has 0 amide bonds. The predicted octanol–water partition coefficient (Wildman–Crippen LogP) is 5.72. The zero-order valence-corrected chi connectivity index (χ0v) is 30.6. The minimum Gasteiger partial charge on any atom is -0.457 e. The van der Waals surface area contributed by atoms with Crippen molar-refractivity contribution >= 4 is 37.2 Å². The van der Waals surface area contributed by atoms with Gasteiger partial charge >= 0.3 is 23.1 Å². The number of hydrogen-bond acceptors (Lipinski definition) is 9. The molecule has 0 aromatic rings. The van der Waals surface area contributed by atoms with E-state index in [0.29, 0.717) is 0 Å². The Morgan fingerprint density at radius 2 is 1.17 bits per heavy atom. The molecule has 2 N–H and O–H groups in total. The van der Waals surface area contributed by atoms with E-state index in [1.807, 2.05) is 0 Å². The number of ketones is 1. The van der Waals surface area contributed by atoms with Crippen molar-refractivity contribution in [2.75, 3.05) is 0 Å². The fourth-order valence-electron chi connectivity index (χ4n) is 6.54. The van der Waals surface area contributed by atoms with Crippen molar-refractivity contribution in [1.82, 2.24) is 0 Å². The van der Waals surface area contributed by atoms with Crippen LogP contribution in [0.4, 0.5) is 0 Å². The Bertz CT molecular complexity index is 853. The first-order valence-electron chi connectivity index (χ1n) is 15.8. The molecule has 12 heteroatoms. The molecule has 0 aromatic heterocycles. The number of Topliss-reactive ketones (excluding diaryl/α,β-unsaturated/α-hetero) is 1. The van der Waals surface area contributed by atoms with E-state index < -0.39 is 68.0 Å². The molecule has 0 unspecified atom stereocenters. The molecule has 41 heavy (non-hydrogen) atoms. The van der Waals surface area contributed by atoms with Crippen LogP contribution >= 0.6 is 0 Å². The molecular weight excluding hydrogens is 577 g/mol. The van der Waals surface area contributed by atoms with Gasteiger partial charge in [0, 0.05) is 6.42 Å². The monoisotopic (exact) mass is 634 g/mol. The van der Waals surface area contributed by atoms with Crippen LogP contribution in [0.5, 0.6) is 0 Å². The maximum atomic E-state index is 12.9. The normalized spacial score (nSPS) is 30.0. The summed E-state index contributed by atoms with van der Waals surface area (Å²) in [5, 5.41) is 23.2. The Hall–Kier alpha value is -0.449. The fourth-order valence-corrected chi connectivity index (χ4v) is 20.7. The summed E-state index contributed by atoms with van der Waals surface area (Å²) in [5.74, 6) is -0.741. The number of fused-ring (bicyclic) bond motifs is 1. The highest BCUT2D eigenvalue weighted by Crippen LogP contribution is 2.50. The molecule has 0 spiro atoms. The summed E-state index contributed by atoms with van der Waals surface area (Å²) in [6, 6.07) is 2.51. The van der Waals surface area contributed by atoms with Gasteiger partial charge in [0.15, 0.2) is 14.4 Å². The molecule has 1 aliphatic carbocycles. The number of carbonyl (C=O) groups excluding carboxylic acids is 2. The molecule has 9 nitrogen and oxygen atoms in total. The van der Waals surface area contributed by atoms with E-state index in [9.17, 15) is 19.8 Å². The van der Waals surface area contributed by atoms with Crippen molar-refractivity contribution in [1.29, 1.82) is 0 Å². The van der Waals surface area contributed by atoms with Gasteiger partial charge in [-0.05, 0) is 47.2 Å². The average molecular weight is 635 g/mol.